The Labute approximate surface area is 101 Å². The number of aromatic hydroxyl groups is 1. The molecule has 17 heavy (non-hydrogen) atoms. The number of pyridine rings is 1. The van der Waals surface area contributed by atoms with E-state index in [2.05, 4.69) is 4.98 Å². The third-order valence-corrected chi connectivity index (χ3v) is 2.74. The van der Waals surface area contributed by atoms with Gasteiger partial charge in [0, 0.05) is 18.2 Å². The zero-order valence-corrected chi connectivity index (χ0v) is 9.97. The van der Waals surface area contributed by atoms with E-state index in [0.717, 1.165) is 16.9 Å². The van der Waals surface area contributed by atoms with Crippen LogP contribution >= 0.6 is 0 Å². The molecule has 1 aromatic carbocycles. The number of hydrogen-bond donors (Lipinski definition) is 1. The molecule has 2 rings (SSSR count). The first kappa shape index (κ1) is 11.5. The van der Waals surface area contributed by atoms with E-state index in [1.807, 2.05) is 30.3 Å². The summed E-state index contributed by atoms with van der Waals surface area (Å²) in [6.07, 6.45) is 2.41. The number of nitrogens with zero attached hydrogens (tertiary/aromatic N) is 1. The number of ether oxygens (including phenoxy) is 1. The summed E-state index contributed by atoms with van der Waals surface area (Å²) in [5, 5.41) is 9.87. The highest BCUT2D eigenvalue weighted by atomic mass is 16.5. The van der Waals surface area contributed by atoms with Crippen molar-refractivity contribution >= 4 is 0 Å². The molecule has 0 aliphatic rings. The standard InChI is InChI=1S/C14H15NO2/c1-10-14(16)12(7-8-15-10)9-11-3-5-13(17-2)6-4-11/h3-8,16H,9H2,1-2H3. The minimum absolute atomic E-state index is 0.281. The van der Waals surface area contributed by atoms with E-state index in [1.165, 1.54) is 0 Å². The van der Waals surface area contributed by atoms with Crippen molar-refractivity contribution in [2.75, 3.05) is 7.11 Å². The summed E-state index contributed by atoms with van der Waals surface area (Å²) < 4.78 is 5.10. The molecule has 0 aliphatic heterocycles. The number of aromatic nitrogens is 1. The topological polar surface area (TPSA) is 42.4 Å². The Bertz CT molecular complexity index is 506. The van der Waals surface area contributed by atoms with Crippen LogP contribution in [0.1, 0.15) is 16.8 Å². The van der Waals surface area contributed by atoms with Gasteiger partial charge in [-0.15, -0.1) is 0 Å². The van der Waals surface area contributed by atoms with Crippen molar-refractivity contribution in [3.8, 4) is 11.5 Å². The maximum atomic E-state index is 9.87. The van der Waals surface area contributed by atoms with Gasteiger partial charge in [-0.3, -0.25) is 4.98 Å². The second-order valence-corrected chi connectivity index (χ2v) is 3.93. The average molecular weight is 229 g/mol. The van der Waals surface area contributed by atoms with Crippen LogP contribution < -0.4 is 4.74 Å². The maximum absolute atomic E-state index is 9.87. The second-order valence-electron chi connectivity index (χ2n) is 3.93. The Morgan fingerprint density at radius 1 is 1.18 bits per heavy atom. The lowest BCUT2D eigenvalue weighted by Gasteiger charge is -2.07. The van der Waals surface area contributed by atoms with Crippen molar-refractivity contribution in [1.82, 2.24) is 4.98 Å². The Balaban J connectivity index is 2.22. The Kier molecular flexibility index (Phi) is 3.28. The molecule has 3 nitrogen and oxygen atoms in total. The van der Waals surface area contributed by atoms with E-state index in [1.54, 1.807) is 20.2 Å². The van der Waals surface area contributed by atoms with Gasteiger partial charge >= 0.3 is 0 Å². The lowest BCUT2D eigenvalue weighted by molar-refractivity contribution is 0.414. The molecule has 0 amide bonds. The van der Waals surface area contributed by atoms with Gasteiger partial charge in [-0.1, -0.05) is 12.1 Å². The predicted octanol–water partition coefficient (Wildman–Crippen LogP) is 2.70. The highest BCUT2D eigenvalue weighted by molar-refractivity contribution is 5.39. The lowest BCUT2D eigenvalue weighted by Crippen LogP contribution is -1.92. The minimum Gasteiger partial charge on any atom is -0.506 e. The van der Waals surface area contributed by atoms with E-state index in [9.17, 15) is 5.11 Å². The molecule has 0 bridgehead atoms. The SMILES string of the molecule is COc1ccc(Cc2ccnc(C)c2O)cc1. The van der Waals surface area contributed by atoms with Gasteiger partial charge in [0.15, 0.2) is 0 Å². The van der Waals surface area contributed by atoms with E-state index in [0.29, 0.717) is 12.1 Å². The molecular formula is C14H15NO2. The largest absolute Gasteiger partial charge is 0.506 e. The highest BCUT2D eigenvalue weighted by Gasteiger charge is 2.05. The third kappa shape index (κ3) is 2.56. The molecule has 3 heteroatoms. The van der Waals surface area contributed by atoms with Crippen LogP contribution in [-0.2, 0) is 6.42 Å². The number of methoxy groups -OCH3 is 1. The van der Waals surface area contributed by atoms with Crippen molar-refractivity contribution in [3.63, 3.8) is 0 Å². The first-order valence-electron chi connectivity index (χ1n) is 5.47. The summed E-state index contributed by atoms with van der Waals surface area (Å²) in [4.78, 5) is 4.04. The van der Waals surface area contributed by atoms with Crippen molar-refractivity contribution in [3.05, 3.63) is 53.3 Å². The van der Waals surface area contributed by atoms with Crippen LogP contribution in [-0.4, -0.2) is 17.2 Å². The molecule has 0 radical (unpaired) electrons. The summed E-state index contributed by atoms with van der Waals surface area (Å²) in [6, 6.07) is 9.66. The van der Waals surface area contributed by atoms with Crippen molar-refractivity contribution in [2.45, 2.75) is 13.3 Å². The van der Waals surface area contributed by atoms with Gasteiger partial charge in [-0.05, 0) is 30.7 Å². The van der Waals surface area contributed by atoms with Crippen LogP contribution in [0.15, 0.2) is 36.5 Å². The predicted molar refractivity (Wildman–Crippen MR) is 66.4 cm³/mol. The number of rotatable bonds is 3. The van der Waals surface area contributed by atoms with Crippen LogP contribution in [0.3, 0.4) is 0 Å². The smallest absolute Gasteiger partial charge is 0.140 e. The molecule has 0 aliphatic carbocycles. The van der Waals surface area contributed by atoms with Crippen molar-refractivity contribution < 1.29 is 9.84 Å². The van der Waals surface area contributed by atoms with Gasteiger partial charge in [0.05, 0.1) is 12.8 Å². The van der Waals surface area contributed by atoms with Gasteiger partial charge in [0.1, 0.15) is 11.5 Å². The van der Waals surface area contributed by atoms with E-state index in [-0.39, 0.29) is 5.75 Å². The quantitative estimate of drug-likeness (QED) is 0.879. The molecule has 1 heterocycles. The second kappa shape index (κ2) is 4.87. The zero-order chi connectivity index (χ0) is 12.3. The van der Waals surface area contributed by atoms with Gasteiger partial charge in [-0.2, -0.15) is 0 Å². The Hall–Kier alpha value is -2.03. The van der Waals surface area contributed by atoms with E-state index < -0.39 is 0 Å². The summed E-state index contributed by atoms with van der Waals surface area (Å²) in [7, 11) is 1.65. The number of benzene rings is 1. The molecule has 0 fully saturated rings. The van der Waals surface area contributed by atoms with Crippen LogP contribution in [0.2, 0.25) is 0 Å². The van der Waals surface area contributed by atoms with Gasteiger partial charge in [0.2, 0.25) is 0 Å². The van der Waals surface area contributed by atoms with Crippen LogP contribution in [0, 0.1) is 6.92 Å². The fraction of sp³-hybridized carbons (Fsp3) is 0.214. The maximum Gasteiger partial charge on any atom is 0.140 e. The summed E-state index contributed by atoms with van der Waals surface area (Å²) >= 11 is 0. The summed E-state index contributed by atoms with van der Waals surface area (Å²) in [5.74, 6) is 1.12. The average Bonchev–Trinajstić information content (AvgIpc) is 2.36. The van der Waals surface area contributed by atoms with Gasteiger partial charge < -0.3 is 9.84 Å². The molecule has 0 saturated heterocycles. The molecule has 0 atom stereocenters. The van der Waals surface area contributed by atoms with Crippen LogP contribution in [0.25, 0.3) is 0 Å². The molecule has 0 unspecified atom stereocenters. The first-order valence-corrected chi connectivity index (χ1v) is 5.47. The van der Waals surface area contributed by atoms with Crippen molar-refractivity contribution in [1.29, 1.82) is 0 Å². The normalized spacial score (nSPS) is 10.2. The fourth-order valence-electron chi connectivity index (χ4n) is 1.72. The molecular weight excluding hydrogens is 214 g/mol. The highest BCUT2D eigenvalue weighted by Crippen LogP contribution is 2.23. The molecule has 88 valence electrons. The zero-order valence-electron chi connectivity index (χ0n) is 9.97. The summed E-state index contributed by atoms with van der Waals surface area (Å²) in [5.41, 5.74) is 2.69. The fourth-order valence-corrected chi connectivity index (χ4v) is 1.72. The minimum atomic E-state index is 0.281. The molecule has 1 N–H and O–H groups in total. The molecule has 2 aromatic rings. The number of aryl methyl sites for hydroxylation is 1. The van der Waals surface area contributed by atoms with Crippen LogP contribution in [0.4, 0.5) is 0 Å². The van der Waals surface area contributed by atoms with Gasteiger partial charge in [0.25, 0.3) is 0 Å². The lowest BCUT2D eigenvalue weighted by atomic mass is 10.0. The monoisotopic (exact) mass is 229 g/mol. The van der Waals surface area contributed by atoms with Crippen LogP contribution in [0.5, 0.6) is 11.5 Å². The molecule has 0 saturated carbocycles. The Morgan fingerprint density at radius 3 is 2.53 bits per heavy atom. The summed E-state index contributed by atoms with van der Waals surface area (Å²) in [6.45, 7) is 1.80. The van der Waals surface area contributed by atoms with Gasteiger partial charge in [-0.25, -0.2) is 0 Å². The number of hydrogen-bond acceptors (Lipinski definition) is 3. The Morgan fingerprint density at radius 2 is 1.88 bits per heavy atom. The first-order chi connectivity index (χ1) is 8.20. The molecule has 0 spiro atoms. The van der Waals surface area contributed by atoms with Crippen molar-refractivity contribution in [2.24, 2.45) is 0 Å². The molecule has 1 aromatic heterocycles. The van der Waals surface area contributed by atoms with E-state index in [4.69, 9.17) is 4.74 Å². The third-order valence-electron chi connectivity index (χ3n) is 2.74. The van der Waals surface area contributed by atoms with E-state index >= 15 is 0 Å².